The zero-order valence-corrected chi connectivity index (χ0v) is 25.7. The van der Waals surface area contributed by atoms with Crippen LogP contribution in [0.5, 0.6) is 0 Å². The average molecular weight is 695 g/mol. The van der Waals surface area contributed by atoms with E-state index in [1.165, 1.54) is 45.8 Å². The molecule has 0 fully saturated rings. The van der Waals surface area contributed by atoms with E-state index in [0.717, 1.165) is 54.9 Å². The standard InChI is InChI=1S/C15H8F6.C13H9.C5H5.2ClH.Zr/c16-14(17,18)12-5-1-3-10(8-12)7-11-4-2-6-13(9-11)15(19,20)21;1-3-7-12-10(5-1)9-11-6-2-4-8-13(11)12;1-2-4-5-3-1;;;/h1-6,8-9H;1-9H;1-3H,4H2;2*1H;/q;2*-1;;;+2/p-2. The van der Waals surface area contributed by atoms with Crippen molar-refractivity contribution in [2.75, 3.05) is 0 Å². The van der Waals surface area contributed by atoms with Crippen LogP contribution in [0.15, 0.2) is 121 Å². The fraction of sp³-hybridized carbons (Fsp3) is 0.0909. The Morgan fingerprint density at radius 3 is 1.45 bits per heavy atom. The summed E-state index contributed by atoms with van der Waals surface area (Å²) in [4.78, 5) is 0. The molecule has 5 aromatic carbocycles. The first kappa shape index (κ1) is 35.3. The molecule has 0 aromatic heterocycles. The summed E-state index contributed by atoms with van der Waals surface area (Å²) in [5, 5.41) is 5.39. The van der Waals surface area contributed by atoms with E-state index in [1.807, 2.05) is 12.2 Å². The number of fused-ring (bicyclic) bond motifs is 3. The maximum Gasteiger partial charge on any atom is -0.0771 e. The summed E-state index contributed by atoms with van der Waals surface area (Å²) in [5.74, 6) is 0. The normalized spacial score (nSPS) is 12.0. The molecule has 1 aliphatic rings. The van der Waals surface area contributed by atoms with E-state index in [0.29, 0.717) is 3.21 Å². The van der Waals surface area contributed by atoms with Crippen molar-refractivity contribution in [3.05, 3.63) is 150 Å². The summed E-state index contributed by atoms with van der Waals surface area (Å²) in [6, 6.07) is 28.4. The number of hydrogen-bond acceptors (Lipinski definition) is 0. The van der Waals surface area contributed by atoms with E-state index >= 15 is 0 Å². The smallest absolute Gasteiger partial charge is 0.0771 e. The fourth-order valence-electron chi connectivity index (χ4n) is 4.11. The van der Waals surface area contributed by atoms with Crippen LogP contribution in [0.3, 0.4) is 0 Å². The summed E-state index contributed by atoms with van der Waals surface area (Å²) in [5.41, 5.74) is -1.10. The number of alkyl halides is 6. The van der Waals surface area contributed by atoms with Crippen LogP contribution in [-0.4, -0.2) is 3.21 Å². The zero-order chi connectivity index (χ0) is 28.8. The topological polar surface area (TPSA) is 0 Å². The van der Waals surface area contributed by atoms with Crippen LogP contribution < -0.4 is 24.8 Å². The maximum absolute atomic E-state index is 12.7. The number of benzene rings is 4. The molecule has 0 atom stereocenters. The number of allylic oxidation sites excluding steroid dienone is 4. The Hall–Kier alpha value is -2.86. The molecule has 0 bridgehead atoms. The van der Waals surface area contributed by atoms with Crippen LogP contribution in [0.25, 0.3) is 21.5 Å². The molecule has 0 heterocycles. The number of hydrogen-bond donors (Lipinski definition) is 0. The first-order valence-electron chi connectivity index (χ1n) is 12.2. The predicted molar refractivity (Wildman–Crippen MR) is 145 cm³/mol. The second-order valence-electron chi connectivity index (χ2n) is 8.85. The van der Waals surface area contributed by atoms with Gasteiger partial charge >= 0.3 is 137 Å². The van der Waals surface area contributed by atoms with Gasteiger partial charge in [-0.2, -0.15) is 6.08 Å². The average Bonchev–Trinajstić information content (AvgIpc) is 3.64. The molecule has 0 aliphatic heterocycles. The summed E-state index contributed by atoms with van der Waals surface area (Å²) >= 11 is 0.729. The molecule has 1 aliphatic carbocycles. The quantitative estimate of drug-likeness (QED) is 0.195. The Balaban J connectivity index is 0.000000258. The van der Waals surface area contributed by atoms with Gasteiger partial charge in [-0.1, -0.05) is 36.4 Å². The van der Waals surface area contributed by atoms with Crippen molar-refractivity contribution in [2.24, 2.45) is 0 Å². The van der Waals surface area contributed by atoms with Gasteiger partial charge < -0.3 is 24.8 Å². The third-order valence-electron chi connectivity index (χ3n) is 6.07. The van der Waals surface area contributed by atoms with Gasteiger partial charge in [-0.15, -0.1) is 46.2 Å². The molecule has 0 saturated heterocycles. The molecule has 0 nitrogen and oxygen atoms in total. The second kappa shape index (κ2) is 15.6. The molecule has 0 radical (unpaired) electrons. The van der Waals surface area contributed by atoms with E-state index in [4.69, 9.17) is 0 Å². The third-order valence-corrected chi connectivity index (χ3v) is 7.48. The number of rotatable bonds is 2. The van der Waals surface area contributed by atoms with Crippen LogP contribution in [0.1, 0.15) is 28.7 Å². The van der Waals surface area contributed by atoms with Crippen molar-refractivity contribution in [1.82, 2.24) is 0 Å². The van der Waals surface area contributed by atoms with Gasteiger partial charge in [-0.05, 0) is 0 Å². The van der Waals surface area contributed by atoms with E-state index in [9.17, 15) is 26.3 Å². The summed E-state index contributed by atoms with van der Waals surface area (Å²) < 4.78 is 76.7. The van der Waals surface area contributed by atoms with Gasteiger partial charge in [0.15, 0.2) is 0 Å². The van der Waals surface area contributed by atoms with Crippen molar-refractivity contribution in [1.29, 1.82) is 0 Å². The van der Waals surface area contributed by atoms with Crippen molar-refractivity contribution in [2.45, 2.75) is 18.8 Å². The van der Waals surface area contributed by atoms with Crippen molar-refractivity contribution in [3.63, 3.8) is 0 Å². The predicted octanol–water partition coefficient (Wildman–Crippen LogP) is 3.87. The van der Waals surface area contributed by atoms with Crippen LogP contribution in [-0.2, 0) is 36.6 Å². The molecule has 0 spiro atoms. The molecule has 0 N–H and O–H groups in total. The molecular formula is C33H22Cl2F6Zr-2. The van der Waals surface area contributed by atoms with Crippen molar-refractivity contribution < 1.29 is 75.4 Å². The largest absolute Gasteiger partial charge is 1.00 e. The SMILES string of the molecule is FC(F)(F)c1cccc([C](=[Zr+2])c2cccc(C(F)(F)F)c2)c1.[C-]1=CC=CC1.[Cl-].[Cl-].c1ccc2c(c1)[cH-]c1ccccc12. The molecule has 216 valence electrons. The molecule has 0 unspecified atom stereocenters. The van der Waals surface area contributed by atoms with Gasteiger partial charge in [0, 0.05) is 0 Å². The molecule has 0 saturated carbocycles. The Labute approximate surface area is 267 Å². The Kier molecular flexibility index (Phi) is 13.1. The molecule has 5 aromatic rings. The van der Waals surface area contributed by atoms with Gasteiger partial charge in [0.05, 0.1) is 0 Å². The van der Waals surface area contributed by atoms with Crippen LogP contribution in [0.2, 0.25) is 0 Å². The van der Waals surface area contributed by atoms with Crippen LogP contribution >= 0.6 is 0 Å². The van der Waals surface area contributed by atoms with Gasteiger partial charge in [0.1, 0.15) is 0 Å². The second-order valence-corrected chi connectivity index (χ2v) is 10.1. The van der Waals surface area contributed by atoms with E-state index in [2.05, 4.69) is 66.7 Å². The minimum absolute atomic E-state index is 0. The third kappa shape index (κ3) is 9.32. The molecule has 6 rings (SSSR count). The monoisotopic (exact) mass is 692 g/mol. The first-order valence-corrected chi connectivity index (χ1v) is 13.5. The maximum atomic E-state index is 12.7. The van der Waals surface area contributed by atoms with Crippen molar-refractivity contribution in [3.8, 4) is 0 Å². The van der Waals surface area contributed by atoms with Gasteiger partial charge in [0.2, 0.25) is 0 Å². The van der Waals surface area contributed by atoms with Gasteiger partial charge in [-0.3, -0.25) is 6.08 Å². The summed E-state index contributed by atoms with van der Waals surface area (Å²) in [7, 11) is 0. The molecule has 0 amide bonds. The Bertz CT molecular complexity index is 1560. The Morgan fingerprint density at radius 1 is 0.643 bits per heavy atom. The first-order chi connectivity index (χ1) is 19.0. The molecule has 9 heteroatoms. The van der Waals surface area contributed by atoms with Crippen molar-refractivity contribution >= 4 is 24.8 Å². The van der Waals surface area contributed by atoms with E-state index in [1.54, 1.807) is 0 Å². The van der Waals surface area contributed by atoms with Crippen LogP contribution in [0, 0.1) is 6.08 Å². The molecular weight excluding hydrogens is 672 g/mol. The zero-order valence-electron chi connectivity index (χ0n) is 21.8. The van der Waals surface area contributed by atoms with E-state index < -0.39 is 23.5 Å². The van der Waals surface area contributed by atoms with Crippen LogP contribution in [0.4, 0.5) is 26.3 Å². The summed E-state index contributed by atoms with van der Waals surface area (Å²) in [6.45, 7) is 0. The van der Waals surface area contributed by atoms with E-state index in [-0.39, 0.29) is 35.9 Å². The fourth-order valence-corrected chi connectivity index (χ4v) is 4.88. The minimum atomic E-state index is -4.49. The Morgan fingerprint density at radius 2 is 1.10 bits per heavy atom. The molecule has 42 heavy (non-hydrogen) atoms. The minimum Gasteiger partial charge on any atom is -1.00 e. The van der Waals surface area contributed by atoms with Gasteiger partial charge in [-0.25, -0.2) is 12.2 Å². The summed E-state index contributed by atoms with van der Waals surface area (Å²) in [6.07, 6.45) is 1.03. The number of halogens is 8. The van der Waals surface area contributed by atoms with Gasteiger partial charge in [0.25, 0.3) is 0 Å².